The van der Waals surface area contributed by atoms with Gasteiger partial charge in [-0.25, -0.2) is 9.78 Å². The number of nitrogens with one attached hydrogen (secondary N) is 3. The molecule has 1 aliphatic heterocycles. The van der Waals surface area contributed by atoms with Gasteiger partial charge in [0.15, 0.2) is 0 Å². The number of likely N-dealkylation sites (tertiary alicyclic amines) is 1. The molecule has 242 valence electrons. The van der Waals surface area contributed by atoms with E-state index in [1.165, 1.54) is 4.90 Å². The number of carbonyl (C=O) groups excluding carboxylic acids is 3. The summed E-state index contributed by atoms with van der Waals surface area (Å²) in [4.78, 5) is 57.4. The molecule has 12 heteroatoms. The third-order valence-corrected chi connectivity index (χ3v) is 8.89. The number of benzene rings is 1. The molecule has 1 saturated heterocycles. The minimum Gasteiger partial charge on any atom is -0.465 e. The van der Waals surface area contributed by atoms with Crippen LogP contribution in [0.15, 0.2) is 29.8 Å². The Bertz CT molecular complexity index is 1270. The van der Waals surface area contributed by atoms with Gasteiger partial charge in [-0.05, 0) is 43.2 Å². The van der Waals surface area contributed by atoms with Crippen LogP contribution in [-0.4, -0.2) is 75.2 Å². The molecule has 11 nitrogen and oxygen atoms in total. The van der Waals surface area contributed by atoms with Crippen molar-refractivity contribution in [2.75, 3.05) is 13.1 Å². The molecule has 2 aromatic rings. The van der Waals surface area contributed by atoms with E-state index in [9.17, 15) is 24.3 Å². The zero-order valence-electron chi connectivity index (χ0n) is 26.4. The lowest BCUT2D eigenvalue weighted by molar-refractivity contribution is -0.144. The Morgan fingerprint density at radius 2 is 1.70 bits per heavy atom. The first-order chi connectivity index (χ1) is 20.8. The van der Waals surface area contributed by atoms with E-state index >= 15 is 0 Å². The van der Waals surface area contributed by atoms with Gasteiger partial charge in [-0.3, -0.25) is 14.4 Å². The fourth-order valence-electron chi connectivity index (χ4n) is 5.38. The van der Waals surface area contributed by atoms with Crippen molar-refractivity contribution >= 4 is 35.2 Å². The molecule has 1 aliphatic rings. The molecule has 2 unspecified atom stereocenters. The summed E-state index contributed by atoms with van der Waals surface area (Å²) >= 11 is 1.58. The summed E-state index contributed by atoms with van der Waals surface area (Å²) in [7, 11) is 0. The summed E-state index contributed by atoms with van der Waals surface area (Å²) in [6.07, 6.45) is 2.48. The van der Waals surface area contributed by atoms with Gasteiger partial charge in [-0.2, -0.15) is 0 Å². The predicted molar refractivity (Wildman–Crippen MR) is 170 cm³/mol. The van der Waals surface area contributed by atoms with E-state index in [2.05, 4.69) is 20.9 Å². The van der Waals surface area contributed by atoms with Gasteiger partial charge in [-0.15, -0.1) is 11.3 Å². The zero-order chi connectivity index (χ0) is 32.4. The van der Waals surface area contributed by atoms with Gasteiger partial charge in [0, 0.05) is 25.9 Å². The van der Waals surface area contributed by atoms with Crippen LogP contribution < -0.4 is 16.0 Å². The van der Waals surface area contributed by atoms with Crippen LogP contribution in [0, 0.1) is 12.3 Å². The maximum Gasteiger partial charge on any atom is 0.404 e. The highest BCUT2D eigenvalue weighted by Crippen LogP contribution is 2.29. The number of nitrogens with zero attached hydrogens (tertiary/aromatic N) is 2. The highest BCUT2D eigenvalue weighted by Gasteiger charge is 2.44. The molecule has 0 saturated carbocycles. The Morgan fingerprint density at radius 1 is 1.05 bits per heavy atom. The van der Waals surface area contributed by atoms with E-state index in [4.69, 9.17) is 5.11 Å². The first kappa shape index (κ1) is 35.0. The summed E-state index contributed by atoms with van der Waals surface area (Å²) in [6, 6.07) is 5.91. The Balaban J connectivity index is 1.57. The number of aromatic nitrogens is 1. The minimum absolute atomic E-state index is 0.0212. The molecule has 0 bridgehead atoms. The first-order valence-corrected chi connectivity index (χ1v) is 16.2. The first-order valence-electron chi connectivity index (χ1n) is 15.3. The molecule has 1 aromatic carbocycles. The van der Waals surface area contributed by atoms with Crippen molar-refractivity contribution in [2.24, 2.45) is 5.41 Å². The minimum atomic E-state index is -1.03. The van der Waals surface area contributed by atoms with E-state index < -0.39 is 29.7 Å². The quantitative estimate of drug-likeness (QED) is 0.194. The third-order valence-electron chi connectivity index (χ3n) is 7.92. The molecular weight excluding hydrogens is 582 g/mol. The Labute approximate surface area is 263 Å². The van der Waals surface area contributed by atoms with Crippen LogP contribution in [0.5, 0.6) is 0 Å². The average molecular weight is 630 g/mol. The summed E-state index contributed by atoms with van der Waals surface area (Å²) in [5.74, 6) is -0.968. The van der Waals surface area contributed by atoms with Crippen molar-refractivity contribution < 1.29 is 29.4 Å². The lowest BCUT2D eigenvalue weighted by Gasteiger charge is -2.35. The number of aryl methyl sites for hydroxylation is 1. The molecule has 1 fully saturated rings. The van der Waals surface area contributed by atoms with E-state index in [1.807, 2.05) is 64.4 Å². The van der Waals surface area contributed by atoms with E-state index in [0.29, 0.717) is 13.0 Å². The number of hydrogen-bond acceptors (Lipinski definition) is 7. The van der Waals surface area contributed by atoms with Gasteiger partial charge in [0.25, 0.3) is 0 Å². The SMILES string of the molecule is Cc1ncsc1-c1ccc(C(C)NC(=O)[C@@H]2C[C@@H](O)CN2C(=O)C(NC(=O)CCCCCCCNC(=O)O)C(C)(C)C)cc1. The second kappa shape index (κ2) is 16.0. The van der Waals surface area contributed by atoms with Crippen molar-refractivity contribution in [3.05, 3.63) is 41.0 Å². The fourth-order valence-corrected chi connectivity index (χ4v) is 6.20. The molecule has 0 aliphatic carbocycles. The summed E-state index contributed by atoms with van der Waals surface area (Å²) in [5, 5.41) is 27.3. The number of amides is 4. The largest absolute Gasteiger partial charge is 0.465 e. The standard InChI is InChI=1S/C32H47N5O6S/c1-20(22-12-14-23(15-13-22)27-21(2)34-19-44-27)35-29(40)25-17-24(38)18-37(25)30(41)28(32(3,4)5)36-26(39)11-9-7-6-8-10-16-33-31(42)43/h12-15,19-20,24-25,28,33,38H,6-11,16-18H2,1-5H3,(H,35,40)(H,36,39)(H,42,43)/t20?,24-,25+,28?/m1/s1. The second-order valence-corrected chi connectivity index (χ2v) is 13.5. The van der Waals surface area contributed by atoms with Crippen LogP contribution in [0.1, 0.15) is 89.9 Å². The monoisotopic (exact) mass is 629 g/mol. The molecule has 0 spiro atoms. The third kappa shape index (κ3) is 10.0. The van der Waals surface area contributed by atoms with Gasteiger partial charge in [0.05, 0.1) is 28.2 Å². The number of unbranched alkanes of at least 4 members (excludes halogenated alkanes) is 4. The normalized spacial score (nSPS) is 18.0. The molecule has 44 heavy (non-hydrogen) atoms. The molecule has 4 amide bonds. The highest BCUT2D eigenvalue weighted by atomic mass is 32.1. The van der Waals surface area contributed by atoms with Gasteiger partial charge >= 0.3 is 6.09 Å². The number of thiazole rings is 1. The fraction of sp³-hybridized carbons (Fsp3) is 0.594. The number of carbonyl (C=O) groups is 4. The van der Waals surface area contributed by atoms with E-state index in [-0.39, 0.29) is 43.1 Å². The molecular formula is C32H47N5O6S. The van der Waals surface area contributed by atoms with Gasteiger partial charge < -0.3 is 31.1 Å². The lowest BCUT2D eigenvalue weighted by atomic mass is 9.85. The van der Waals surface area contributed by atoms with Crippen molar-refractivity contribution in [3.63, 3.8) is 0 Å². The van der Waals surface area contributed by atoms with Crippen molar-refractivity contribution in [3.8, 4) is 10.4 Å². The molecule has 0 radical (unpaired) electrons. The molecule has 2 heterocycles. The molecule has 5 N–H and O–H groups in total. The predicted octanol–water partition coefficient (Wildman–Crippen LogP) is 4.40. The molecule has 1 aromatic heterocycles. The summed E-state index contributed by atoms with van der Waals surface area (Å²) < 4.78 is 0. The topological polar surface area (TPSA) is 161 Å². The average Bonchev–Trinajstić information content (AvgIpc) is 3.57. The van der Waals surface area contributed by atoms with Crippen LogP contribution in [0.2, 0.25) is 0 Å². The maximum atomic E-state index is 13.8. The van der Waals surface area contributed by atoms with Crippen LogP contribution in [-0.2, 0) is 14.4 Å². The number of carboxylic acid groups (broad SMARTS) is 1. The van der Waals surface area contributed by atoms with Gasteiger partial charge in [0.1, 0.15) is 12.1 Å². The zero-order valence-corrected chi connectivity index (χ0v) is 27.2. The van der Waals surface area contributed by atoms with Gasteiger partial charge in [-0.1, -0.05) is 64.3 Å². The van der Waals surface area contributed by atoms with Crippen molar-refractivity contribution in [1.82, 2.24) is 25.8 Å². The maximum absolute atomic E-state index is 13.8. The van der Waals surface area contributed by atoms with Crippen LogP contribution >= 0.6 is 11.3 Å². The van der Waals surface area contributed by atoms with Crippen LogP contribution in [0.25, 0.3) is 10.4 Å². The number of aliphatic hydroxyl groups is 1. The Morgan fingerprint density at radius 3 is 2.32 bits per heavy atom. The Kier molecular flexibility index (Phi) is 12.7. The smallest absolute Gasteiger partial charge is 0.404 e. The number of β-amino-alcohol motifs (C(OH)–C–C–N with tert-alkyl or cyclic N) is 1. The summed E-state index contributed by atoms with van der Waals surface area (Å²) in [6.45, 7) is 9.87. The Hall–Kier alpha value is -3.51. The summed E-state index contributed by atoms with van der Waals surface area (Å²) in [5.41, 5.74) is 4.14. The van der Waals surface area contributed by atoms with E-state index in [1.54, 1.807) is 11.3 Å². The number of rotatable bonds is 14. The van der Waals surface area contributed by atoms with Crippen LogP contribution in [0.4, 0.5) is 4.79 Å². The van der Waals surface area contributed by atoms with Crippen molar-refractivity contribution in [1.29, 1.82) is 0 Å². The molecule has 4 atom stereocenters. The van der Waals surface area contributed by atoms with E-state index in [0.717, 1.165) is 47.4 Å². The van der Waals surface area contributed by atoms with Crippen molar-refractivity contribution in [2.45, 2.75) is 104 Å². The van der Waals surface area contributed by atoms with Gasteiger partial charge in [0.2, 0.25) is 17.7 Å². The number of aliphatic hydroxyl groups excluding tert-OH is 1. The second-order valence-electron chi connectivity index (χ2n) is 12.6. The molecule has 3 rings (SSSR count). The van der Waals surface area contributed by atoms with Crippen LogP contribution in [0.3, 0.4) is 0 Å². The number of hydrogen-bond donors (Lipinski definition) is 5. The lowest BCUT2D eigenvalue weighted by Crippen LogP contribution is -2.57. The highest BCUT2D eigenvalue weighted by molar-refractivity contribution is 7.13.